The zero-order valence-corrected chi connectivity index (χ0v) is 11.1. The third kappa shape index (κ3) is 2.24. The van der Waals surface area contributed by atoms with Gasteiger partial charge in [-0.25, -0.2) is 4.39 Å². The lowest BCUT2D eigenvalue weighted by molar-refractivity contribution is 0.102. The Morgan fingerprint density at radius 1 is 1.37 bits per heavy atom. The molecule has 2 heterocycles. The van der Waals surface area contributed by atoms with Gasteiger partial charge in [0.1, 0.15) is 11.5 Å². The summed E-state index contributed by atoms with van der Waals surface area (Å²) in [6.45, 7) is 0. The van der Waals surface area contributed by atoms with Crippen LogP contribution in [0.5, 0.6) is 0 Å². The van der Waals surface area contributed by atoms with E-state index in [9.17, 15) is 9.18 Å². The fraction of sp³-hybridized carbons (Fsp3) is 0. The Labute approximate surface area is 115 Å². The minimum absolute atomic E-state index is 0.315. The molecule has 1 amide bonds. The van der Waals surface area contributed by atoms with Crippen LogP contribution in [-0.4, -0.2) is 21.1 Å². The van der Waals surface area contributed by atoms with Crippen LogP contribution in [0.25, 0.3) is 10.9 Å². The maximum absolute atomic E-state index is 13.3. The highest BCUT2D eigenvalue weighted by Gasteiger charge is 2.12. The molecule has 0 saturated carbocycles. The quantitative estimate of drug-likeness (QED) is 0.678. The number of carbonyl (C=O) groups is 1. The molecule has 96 valence electrons. The molecule has 0 aliphatic rings. The lowest BCUT2D eigenvalue weighted by Crippen LogP contribution is -2.11. The Kier molecular flexibility index (Phi) is 2.83. The number of halogens is 2. The van der Waals surface area contributed by atoms with Gasteiger partial charge in [-0.05, 0) is 34.1 Å². The van der Waals surface area contributed by atoms with Crippen LogP contribution in [0.1, 0.15) is 10.5 Å². The number of aromatic nitrogens is 3. The first-order valence-corrected chi connectivity index (χ1v) is 6.20. The number of anilines is 1. The highest BCUT2D eigenvalue weighted by molar-refractivity contribution is 9.10. The zero-order chi connectivity index (χ0) is 13.4. The number of carbonyl (C=O) groups excluding carboxylic acids is 1. The summed E-state index contributed by atoms with van der Waals surface area (Å²) in [7, 11) is 0. The van der Waals surface area contributed by atoms with Gasteiger partial charge >= 0.3 is 0 Å². The fourth-order valence-electron chi connectivity index (χ4n) is 1.80. The number of rotatable bonds is 2. The average molecular weight is 323 g/mol. The van der Waals surface area contributed by atoms with Crippen LogP contribution in [0, 0.1) is 5.82 Å². The molecule has 0 fully saturated rings. The maximum Gasteiger partial charge on any atom is 0.272 e. The molecule has 0 unspecified atom stereocenters. The second-order valence-corrected chi connectivity index (χ2v) is 4.83. The van der Waals surface area contributed by atoms with Crippen molar-refractivity contribution in [2.24, 2.45) is 0 Å². The highest BCUT2D eigenvalue weighted by Crippen LogP contribution is 2.26. The van der Waals surface area contributed by atoms with Gasteiger partial charge in [0, 0.05) is 16.1 Å². The van der Waals surface area contributed by atoms with Crippen molar-refractivity contribution in [3.05, 3.63) is 46.6 Å². The van der Waals surface area contributed by atoms with E-state index in [1.165, 1.54) is 18.3 Å². The number of aromatic amines is 2. The van der Waals surface area contributed by atoms with E-state index in [0.29, 0.717) is 21.4 Å². The summed E-state index contributed by atoms with van der Waals surface area (Å²) < 4.78 is 13.8. The Morgan fingerprint density at radius 2 is 2.21 bits per heavy atom. The molecule has 3 rings (SSSR count). The third-order valence-electron chi connectivity index (χ3n) is 2.65. The van der Waals surface area contributed by atoms with Crippen LogP contribution in [-0.2, 0) is 0 Å². The number of H-pyrrole nitrogens is 2. The lowest BCUT2D eigenvalue weighted by Gasteiger charge is -1.98. The molecule has 5 nitrogen and oxygen atoms in total. The van der Waals surface area contributed by atoms with Gasteiger partial charge in [0.25, 0.3) is 5.91 Å². The van der Waals surface area contributed by atoms with Crippen LogP contribution in [0.3, 0.4) is 0 Å². The Morgan fingerprint density at radius 3 is 2.95 bits per heavy atom. The molecular weight excluding hydrogens is 315 g/mol. The summed E-state index contributed by atoms with van der Waals surface area (Å²) in [6, 6.07) is 4.36. The molecule has 0 aliphatic heterocycles. The van der Waals surface area contributed by atoms with Crippen LogP contribution in [0.4, 0.5) is 10.1 Å². The minimum atomic E-state index is -0.372. The van der Waals surface area contributed by atoms with Gasteiger partial charge in [0.15, 0.2) is 0 Å². The SMILES string of the molecule is O=C(Nc1cn[nH]c1)c1cc2c(Br)cc(F)cc2[nH]1. The Balaban J connectivity index is 1.97. The van der Waals surface area contributed by atoms with Crippen molar-refractivity contribution in [1.82, 2.24) is 15.2 Å². The molecule has 0 aliphatic carbocycles. The van der Waals surface area contributed by atoms with Crippen molar-refractivity contribution in [3.8, 4) is 0 Å². The van der Waals surface area contributed by atoms with Gasteiger partial charge in [0.2, 0.25) is 0 Å². The number of benzene rings is 1. The molecule has 0 radical (unpaired) electrons. The molecule has 0 spiro atoms. The topological polar surface area (TPSA) is 73.6 Å². The first kappa shape index (κ1) is 11.9. The summed E-state index contributed by atoms with van der Waals surface area (Å²) in [5.74, 6) is -0.687. The normalized spacial score (nSPS) is 10.8. The smallest absolute Gasteiger partial charge is 0.272 e. The van der Waals surface area contributed by atoms with Crippen LogP contribution in [0.15, 0.2) is 35.1 Å². The number of nitrogens with one attached hydrogen (secondary N) is 3. The first-order chi connectivity index (χ1) is 9.13. The summed E-state index contributed by atoms with van der Waals surface area (Å²) in [6.07, 6.45) is 3.06. The van der Waals surface area contributed by atoms with Gasteiger partial charge in [-0.15, -0.1) is 0 Å². The number of hydrogen-bond donors (Lipinski definition) is 3. The van der Waals surface area contributed by atoms with E-state index in [0.717, 1.165) is 5.39 Å². The van der Waals surface area contributed by atoms with Crippen molar-refractivity contribution in [2.75, 3.05) is 5.32 Å². The van der Waals surface area contributed by atoms with E-state index in [1.54, 1.807) is 12.3 Å². The van der Waals surface area contributed by atoms with Crippen molar-refractivity contribution < 1.29 is 9.18 Å². The minimum Gasteiger partial charge on any atom is -0.350 e. The van der Waals surface area contributed by atoms with E-state index >= 15 is 0 Å². The van der Waals surface area contributed by atoms with Gasteiger partial charge in [0.05, 0.1) is 17.4 Å². The van der Waals surface area contributed by atoms with Crippen LogP contribution in [0.2, 0.25) is 0 Å². The zero-order valence-electron chi connectivity index (χ0n) is 9.50. The molecule has 7 heteroatoms. The fourth-order valence-corrected chi connectivity index (χ4v) is 2.35. The molecule has 2 aromatic heterocycles. The van der Waals surface area contributed by atoms with Crippen LogP contribution >= 0.6 is 15.9 Å². The van der Waals surface area contributed by atoms with Crippen molar-refractivity contribution in [3.63, 3.8) is 0 Å². The van der Waals surface area contributed by atoms with Gasteiger partial charge < -0.3 is 10.3 Å². The third-order valence-corrected chi connectivity index (χ3v) is 3.31. The molecule has 0 bridgehead atoms. The number of hydrogen-bond acceptors (Lipinski definition) is 2. The summed E-state index contributed by atoms with van der Waals surface area (Å²) in [4.78, 5) is 14.9. The summed E-state index contributed by atoms with van der Waals surface area (Å²) >= 11 is 3.26. The van der Waals surface area contributed by atoms with E-state index in [2.05, 4.69) is 36.4 Å². The molecule has 0 atom stereocenters. The largest absolute Gasteiger partial charge is 0.350 e. The molecule has 3 aromatic rings. The molecule has 3 N–H and O–H groups in total. The standard InChI is InChI=1S/C12H8BrFN4O/c13-9-1-6(14)2-10-8(9)3-11(18-10)12(19)17-7-4-15-16-5-7/h1-5,18H,(H,15,16)(H,17,19). The monoisotopic (exact) mass is 322 g/mol. The lowest BCUT2D eigenvalue weighted by atomic mass is 10.2. The van der Waals surface area contributed by atoms with E-state index < -0.39 is 0 Å². The Hall–Kier alpha value is -2.15. The summed E-state index contributed by atoms with van der Waals surface area (Å²) in [5, 5.41) is 9.74. The second kappa shape index (κ2) is 4.51. The van der Waals surface area contributed by atoms with Crippen molar-refractivity contribution in [1.29, 1.82) is 0 Å². The molecule has 19 heavy (non-hydrogen) atoms. The molecule has 0 saturated heterocycles. The van der Waals surface area contributed by atoms with Gasteiger partial charge in [-0.2, -0.15) is 5.10 Å². The van der Waals surface area contributed by atoms with Gasteiger partial charge in [-0.1, -0.05) is 0 Å². The van der Waals surface area contributed by atoms with E-state index in [-0.39, 0.29) is 11.7 Å². The molecular formula is C12H8BrFN4O. The second-order valence-electron chi connectivity index (χ2n) is 3.97. The van der Waals surface area contributed by atoms with E-state index in [1.807, 2.05) is 0 Å². The summed E-state index contributed by atoms with van der Waals surface area (Å²) in [5.41, 5.74) is 1.47. The van der Waals surface area contributed by atoms with Crippen molar-refractivity contribution in [2.45, 2.75) is 0 Å². The predicted molar refractivity (Wildman–Crippen MR) is 72.5 cm³/mol. The number of nitrogens with zero attached hydrogens (tertiary/aromatic N) is 1. The first-order valence-electron chi connectivity index (χ1n) is 5.41. The van der Waals surface area contributed by atoms with Crippen molar-refractivity contribution >= 4 is 38.4 Å². The maximum atomic E-state index is 13.3. The highest BCUT2D eigenvalue weighted by atomic mass is 79.9. The average Bonchev–Trinajstić information content (AvgIpc) is 2.97. The van der Waals surface area contributed by atoms with Gasteiger partial charge in [-0.3, -0.25) is 9.89 Å². The molecule has 1 aromatic carbocycles. The van der Waals surface area contributed by atoms with Crippen LogP contribution < -0.4 is 5.32 Å². The van der Waals surface area contributed by atoms with E-state index in [4.69, 9.17) is 0 Å². The predicted octanol–water partition coefficient (Wildman–Crippen LogP) is 3.04. The number of fused-ring (bicyclic) bond motifs is 1. The number of amides is 1. The Bertz CT molecular complexity index is 751.